The fourth-order valence-electron chi connectivity index (χ4n) is 6.24. The van der Waals surface area contributed by atoms with Gasteiger partial charge in [0.05, 0.1) is 6.04 Å². The molecule has 6 nitrogen and oxygen atoms in total. The van der Waals surface area contributed by atoms with Gasteiger partial charge in [-0.15, -0.1) is 0 Å². The summed E-state index contributed by atoms with van der Waals surface area (Å²) >= 11 is 0. The number of fused-ring (bicyclic) bond motifs is 1. The monoisotopic (exact) mass is 454 g/mol. The fraction of sp³-hybridized carbons (Fsp3) is 0.704. The van der Waals surface area contributed by atoms with Crippen LogP contribution in [-0.2, 0) is 16.0 Å². The Morgan fingerprint density at radius 1 is 1.06 bits per heavy atom. The van der Waals surface area contributed by atoms with Gasteiger partial charge in [0.2, 0.25) is 11.8 Å². The maximum absolute atomic E-state index is 13.9. The Hall–Kier alpha value is -1.92. The van der Waals surface area contributed by atoms with Gasteiger partial charge >= 0.3 is 0 Å². The van der Waals surface area contributed by atoms with Crippen molar-refractivity contribution in [2.24, 2.45) is 11.8 Å². The van der Waals surface area contributed by atoms with Crippen LogP contribution < -0.4 is 10.6 Å². The molecule has 2 N–H and O–H groups in total. The van der Waals surface area contributed by atoms with Gasteiger partial charge in [-0.05, 0) is 56.6 Å². The molecule has 4 atom stereocenters. The number of likely N-dealkylation sites (tertiary alicyclic amines) is 2. The lowest BCUT2D eigenvalue weighted by atomic mass is 9.83. The fourth-order valence-corrected chi connectivity index (χ4v) is 6.24. The summed E-state index contributed by atoms with van der Waals surface area (Å²) in [5, 5.41) is 6.29. The third kappa shape index (κ3) is 5.78. The number of benzene rings is 1. The van der Waals surface area contributed by atoms with Gasteiger partial charge in [-0.2, -0.15) is 0 Å². The highest BCUT2D eigenvalue weighted by Crippen LogP contribution is 2.34. The van der Waals surface area contributed by atoms with Crippen LogP contribution in [0.2, 0.25) is 0 Å². The van der Waals surface area contributed by atoms with Crippen molar-refractivity contribution in [3.8, 4) is 0 Å². The van der Waals surface area contributed by atoms with E-state index >= 15 is 0 Å². The summed E-state index contributed by atoms with van der Waals surface area (Å²) in [7, 11) is 1.82. The topological polar surface area (TPSA) is 64.7 Å². The number of rotatable bonds is 9. The first kappa shape index (κ1) is 24.2. The molecule has 2 aliphatic heterocycles. The average Bonchev–Trinajstić information content (AvgIpc) is 3.43. The molecule has 3 aliphatic rings. The smallest absolute Gasteiger partial charge is 0.245 e. The summed E-state index contributed by atoms with van der Waals surface area (Å²) in [6, 6.07) is 10.3. The Morgan fingerprint density at radius 3 is 2.52 bits per heavy atom. The number of carbonyl (C=O) groups is 2. The van der Waals surface area contributed by atoms with Crippen LogP contribution in [0.3, 0.4) is 0 Å². The van der Waals surface area contributed by atoms with Gasteiger partial charge in [-0.3, -0.25) is 9.59 Å². The quantitative estimate of drug-likeness (QED) is 0.602. The maximum atomic E-state index is 13.9. The van der Waals surface area contributed by atoms with E-state index in [2.05, 4.69) is 50.8 Å². The van der Waals surface area contributed by atoms with E-state index in [1.807, 2.05) is 14.0 Å². The van der Waals surface area contributed by atoms with Crippen LogP contribution in [0.4, 0.5) is 0 Å². The normalized spacial score (nSPS) is 25.6. The second-order valence-corrected chi connectivity index (χ2v) is 10.3. The molecule has 0 bridgehead atoms. The van der Waals surface area contributed by atoms with E-state index < -0.39 is 0 Å². The molecule has 182 valence electrons. The zero-order chi connectivity index (χ0) is 23.2. The zero-order valence-electron chi connectivity index (χ0n) is 20.5. The molecule has 2 heterocycles. The number of carbonyl (C=O) groups excluding carboxylic acids is 2. The van der Waals surface area contributed by atoms with Crippen molar-refractivity contribution in [1.29, 1.82) is 0 Å². The predicted octanol–water partition coefficient (Wildman–Crippen LogP) is 2.82. The lowest BCUT2D eigenvalue weighted by molar-refractivity contribution is -0.139. The van der Waals surface area contributed by atoms with Crippen LogP contribution >= 0.6 is 0 Å². The standard InChI is InChI=1S/C27H42N4O2/c1-3-23(28-2)26(32)29-25(21-12-8-5-9-13-21)27(33)31-17-15-22-18-30(19-24(22)31)16-14-20-10-6-4-7-11-20/h4,6-7,10-11,21-25,28H,3,5,8-9,12-19H2,1-2H3,(H,29,32)/t22-,23-,24+,25-/m0/s1. The van der Waals surface area contributed by atoms with E-state index in [0.717, 1.165) is 71.1 Å². The third-order valence-corrected chi connectivity index (χ3v) is 8.22. The first-order valence-corrected chi connectivity index (χ1v) is 13.1. The largest absolute Gasteiger partial charge is 0.343 e. The molecule has 33 heavy (non-hydrogen) atoms. The van der Waals surface area contributed by atoms with Crippen LogP contribution in [0.25, 0.3) is 0 Å². The third-order valence-electron chi connectivity index (χ3n) is 8.22. The molecule has 4 rings (SSSR count). The highest BCUT2D eigenvalue weighted by molar-refractivity contribution is 5.90. The Morgan fingerprint density at radius 2 is 1.82 bits per heavy atom. The molecule has 3 fully saturated rings. The second-order valence-electron chi connectivity index (χ2n) is 10.3. The Labute approximate surface area is 199 Å². The van der Waals surface area contributed by atoms with Gasteiger partial charge in [-0.1, -0.05) is 56.5 Å². The number of nitrogens with zero attached hydrogens (tertiary/aromatic N) is 2. The van der Waals surface area contributed by atoms with E-state index in [4.69, 9.17) is 0 Å². The van der Waals surface area contributed by atoms with Gasteiger partial charge < -0.3 is 20.4 Å². The molecule has 0 aromatic heterocycles. The molecule has 0 spiro atoms. The molecule has 1 aromatic carbocycles. The summed E-state index contributed by atoms with van der Waals surface area (Å²) in [5.41, 5.74) is 1.37. The minimum absolute atomic E-state index is 0.0319. The van der Waals surface area contributed by atoms with Crippen LogP contribution in [-0.4, -0.2) is 73.0 Å². The van der Waals surface area contributed by atoms with Crippen molar-refractivity contribution in [2.45, 2.75) is 76.4 Å². The van der Waals surface area contributed by atoms with Crippen molar-refractivity contribution in [2.75, 3.05) is 33.2 Å². The van der Waals surface area contributed by atoms with Crippen molar-refractivity contribution in [3.05, 3.63) is 35.9 Å². The highest BCUT2D eigenvalue weighted by atomic mass is 16.2. The molecule has 1 saturated carbocycles. The molecule has 0 unspecified atom stereocenters. The van der Waals surface area contributed by atoms with E-state index in [1.165, 1.54) is 12.0 Å². The van der Waals surface area contributed by atoms with Gasteiger partial charge in [0.25, 0.3) is 0 Å². The van der Waals surface area contributed by atoms with Crippen molar-refractivity contribution in [3.63, 3.8) is 0 Å². The molecule has 1 aromatic rings. The lowest BCUT2D eigenvalue weighted by Gasteiger charge is -2.35. The number of likely N-dealkylation sites (N-methyl/N-ethyl adjacent to an activating group) is 1. The predicted molar refractivity (Wildman–Crippen MR) is 132 cm³/mol. The van der Waals surface area contributed by atoms with Crippen molar-refractivity contribution in [1.82, 2.24) is 20.4 Å². The summed E-state index contributed by atoms with van der Waals surface area (Å²) < 4.78 is 0. The van der Waals surface area contributed by atoms with E-state index in [0.29, 0.717) is 12.0 Å². The molecule has 2 amide bonds. The summed E-state index contributed by atoms with van der Waals surface area (Å²) in [4.78, 5) is 31.5. The first-order valence-electron chi connectivity index (χ1n) is 13.1. The minimum atomic E-state index is -0.377. The Balaban J connectivity index is 1.40. The molecule has 2 saturated heterocycles. The number of amides is 2. The number of hydrogen-bond acceptors (Lipinski definition) is 4. The number of hydrogen-bond donors (Lipinski definition) is 2. The van der Waals surface area contributed by atoms with E-state index in [9.17, 15) is 9.59 Å². The second kappa shape index (κ2) is 11.5. The molecular formula is C27H42N4O2. The number of nitrogens with one attached hydrogen (secondary N) is 2. The van der Waals surface area contributed by atoms with Crippen molar-refractivity contribution < 1.29 is 9.59 Å². The molecule has 1 aliphatic carbocycles. The summed E-state index contributed by atoms with van der Waals surface area (Å²) in [6.45, 7) is 5.93. The van der Waals surface area contributed by atoms with Gasteiger partial charge in [0.15, 0.2) is 0 Å². The summed E-state index contributed by atoms with van der Waals surface area (Å²) in [6.07, 6.45) is 8.49. The molecular weight excluding hydrogens is 412 g/mol. The van der Waals surface area contributed by atoms with E-state index in [-0.39, 0.29) is 29.8 Å². The van der Waals surface area contributed by atoms with Crippen molar-refractivity contribution >= 4 is 11.8 Å². The van der Waals surface area contributed by atoms with Crippen LogP contribution in [0.1, 0.15) is 57.4 Å². The van der Waals surface area contributed by atoms with Crippen LogP contribution in [0.5, 0.6) is 0 Å². The average molecular weight is 455 g/mol. The highest BCUT2D eigenvalue weighted by Gasteiger charge is 2.46. The molecule has 6 heteroatoms. The van der Waals surface area contributed by atoms with E-state index in [1.54, 1.807) is 0 Å². The SMILES string of the molecule is CC[C@H](NC)C(=O)N[C@H](C(=O)N1CC[C@H]2CN(CCc3ccccc3)C[C@H]21)C1CCCCC1. The Bertz CT molecular complexity index is 776. The van der Waals surface area contributed by atoms with Gasteiger partial charge in [0, 0.05) is 32.2 Å². The summed E-state index contributed by atoms with van der Waals surface area (Å²) in [5.74, 6) is 0.960. The van der Waals surface area contributed by atoms with Crippen LogP contribution in [0, 0.1) is 11.8 Å². The lowest BCUT2D eigenvalue weighted by Crippen LogP contribution is -2.57. The van der Waals surface area contributed by atoms with Crippen LogP contribution in [0.15, 0.2) is 30.3 Å². The Kier molecular flexibility index (Phi) is 8.42. The van der Waals surface area contributed by atoms with Gasteiger partial charge in [-0.25, -0.2) is 0 Å². The maximum Gasteiger partial charge on any atom is 0.245 e. The zero-order valence-corrected chi connectivity index (χ0v) is 20.5. The minimum Gasteiger partial charge on any atom is -0.343 e. The molecule has 0 radical (unpaired) electrons. The first-order chi connectivity index (χ1) is 16.1. The van der Waals surface area contributed by atoms with Gasteiger partial charge in [0.1, 0.15) is 6.04 Å².